The lowest BCUT2D eigenvalue weighted by molar-refractivity contribution is -0.296. The summed E-state index contributed by atoms with van der Waals surface area (Å²) >= 11 is 0. The van der Waals surface area contributed by atoms with Crippen molar-refractivity contribution in [2.45, 2.75) is 63.6 Å². The second kappa shape index (κ2) is 8.98. The average Bonchev–Trinajstić information content (AvgIpc) is 2.69. The summed E-state index contributed by atoms with van der Waals surface area (Å²) in [5.74, 6) is -2.96. The molecule has 0 unspecified atom stereocenters. The van der Waals surface area contributed by atoms with Crippen LogP contribution >= 0.6 is 0 Å². The number of benzene rings is 2. The first kappa shape index (κ1) is 22.6. The van der Waals surface area contributed by atoms with Crippen molar-refractivity contribution in [3.8, 4) is 5.75 Å². The Morgan fingerprint density at radius 3 is 2.37 bits per heavy atom. The van der Waals surface area contributed by atoms with Crippen molar-refractivity contribution in [1.29, 1.82) is 0 Å². The highest BCUT2D eigenvalue weighted by molar-refractivity contribution is 5.38. The fraction of sp³-hybridized carbons (Fsp3) is 0.478. The van der Waals surface area contributed by atoms with E-state index < -0.39 is 36.9 Å². The maximum absolute atomic E-state index is 14.0. The molecule has 0 radical (unpaired) electrons. The molecule has 0 saturated carbocycles. The summed E-state index contributed by atoms with van der Waals surface area (Å²) in [7, 11) is 0. The number of halogens is 2. The second-order valence-corrected chi connectivity index (χ2v) is 8.01. The molecule has 0 aromatic heterocycles. The molecule has 1 fully saturated rings. The molecule has 0 spiro atoms. The average molecular weight is 422 g/mol. The van der Waals surface area contributed by atoms with Crippen LogP contribution in [-0.4, -0.2) is 52.3 Å². The number of rotatable bonds is 6. The molecular formula is C23H28F2O5. The number of aryl methyl sites for hydroxylation is 1. The van der Waals surface area contributed by atoms with Crippen molar-refractivity contribution in [2.75, 3.05) is 6.61 Å². The molecule has 1 heterocycles. The maximum Gasteiger partial charge on any atom is 0.303 e. The number of aliphatic hydroxyl groups is 3. The van der Waals surface area contributed by atoms with Crippen LogP contribution in [0.4, 0.5) is 8.78 Å². The molecule has 0 amide bonds. The smallest absolute Gasteiger partial charge is 0.303 e. The number of hydrogen-bond donors (Lipinski definition) is 3. The Balaban J connectivity index is 1.83. The van der Waals surface area contributed by atoms with Crippen LogP contribution in [0.5, 0.6) is 5.75 Å². The lowest BCUT2D eigenvalue weighted by atomic mass is 9.88. The zero-order valence-electron chi connectivity index (χ0n) is 17.3. The lowest BCUT2D eigenvalue weighted by Crippen LogP contribution is -2.59. The third kappa shape index (κ3) is 4.64. The molecule has 4 atom stereocenters. The summed E-state index contributed by atoms with van der Waals surface area (Å²) in [6.45, 7) is 4.89. The van der Waals surface area contributed by atoms with Crippen LogP contribution in [0.2, 0.25) is 0 Å². The van der Waals surface area contributed by atoms with E-state index in [0.29, 0.717) is 12.0 Å². The van der Waals surface area contributed by atoms with E-state index >= 15 is 0 Å². The molecule has 0 bridgehead atoms. The molecule has 1 saturated heterocycles. The van der Waals surface area contributed by atoms with Crippen LogP contribution in [0, 0.1) is 6.92 Å². The van der Waals surface area contributed by atoms with Crippen molar-refractivity contribution in [2.24, 2.45) is 0 Å². The standard InChI is InChI=1S/C23H28F2O5/c1-13(2)29-18-8-5-15(6-9-18)10-17-11-16(7-4-14(17)3)21-20(27)22(28)23(24,25)19(12-26)30-21/h4-9,11,13,19-22,26-28H,10,12H2,1-3H3/t19-,20-,21+,22+/m0/s1. The zero-order chi connectivity index (χ0) is 22.1. The molecule has 7 heteroatoms. The highest BCUT2D eigenvalue weighted by Gasteiger charge is 2.57. The Labute approximate surface area is 174 Å². The molecule has 30 heavy (non-hydrogen) atoms. The van der Waals surface area contributed by atoms with Gasteiger partial charge in [0.15, 0.2) is 0 Å². The Morgan fingerprint density at radius 1 is 1.10 bits per heavy atom. The Bertz CT molecular complexity index is 849. The molecule has 3 N–H and O–H groups in total. The topological polar surface area (TPSA) is 79.2 Å². The summed E-state index contributed by atoms with van der Waals surface area (Å²) < 4.78 is 39.0. The van der Waals surface area contributed by atoms with Crippen molar-refractivity contribution < 1.29 is 33.6 Å². The van der Waals surface area contributed by atoms with Crippen LogP contribution in [0.25, 0.3) is 0 Å². The highest BCUT2D eigenvalue weighted by atomic mass is 19.3. The van der Waals surface area contributed by atoms with Crippen LogP contribution in [0.3, 0.4) is 0 Å². The number of aliphatic hydroxyl groups excluding tert-OH is 3. The van der Waals surface area contributed by atoms with Gasteiger partial charge in [0.1, 0.15) is 30.2 Å². The van der Waals surface area contributed by atoms with Gasteiger partial charge in [0.05, 0.1) is 12.7 Å². The molecular weight excluding hydrogens is 394 g/mol. The van der Waals surface area contributed by atoms with E-state index in [0.717, 1.165) is 22.4 Å². The molecule has 2 aromatic carbocycles. The zero-order valence-corrected chi connectivity index (χ0v) is 17.3. The number of hydrogen-bond acceptors (Lipinski definition) is 5. The minimum absolute atomic E-state index is 0.0853. The lowest BCUT2D eigenvalue weighted by Gasteiger charge is -2.42. The van der Waals surface area contributed by atoms with E-state index in [1.54, 1.807) is 12.1 Å². The van der Waals surface area contributed by atoms with Gasteiger partial charge < -0.3 is 24.8 Å². The molecule has 5 nitrogen and oxygen atoms in total. The van der Waals surface area contributed by atoms with E-state index in [-0.39, 0.29) is 6.10 Å². The molecule has 0 aliphatic carbocycles. The van der Waals surface area contributed by atoms with Gasteiger partial charge >= 0.3 is 5.92 Å². The summed E-state index contributed by atoms with van der Waals surface area (Å²) in [4.78, 5) is 0. The van der Waals surface area contributed by atoms with Crippen molar-refractivity contribution in [3.05, 3.63) is 64.7 Å². The number of ether oxygens (including phenoxy) is 2. The van der Waals surface area contributed by atoms with E-state index in [2.05, 4.69) is 0 Å². The summed E-state index contributed by atoms with van der Waals surface area (Å²) in [6, 6.07) is 13.0. The van der Waals surface area contributed by atoms with Gasteiger partial charge in [-0.1, -0.05) is 30.3 Å². The predicted octanol–water partition coefficient (Wildman–Crippen LogP) is 3.16. The van der Waals surface area contributed by atoms with Crippen molar-refractivity contribution >= 4 is 0 Å². The third-order valence-corrected chi connectivity index (χ3v) is 5.33. The molecule has 1 aliphatic rings. The van der Waals surface area contributed by atoms with Crippen LogP contribution in [0.1, 0.15) is 42.2 Å². The first-order valence-corrected chi connectivity index (χ1v) is 9.98. The Morgan fingerprint density at radius 2 is 1.77 bits per heavy atom. The minimum Gasteiger partial charge on any atom is -0.491 e. The highest BCUT2D eigenvalue weighted by Crippen LogP contribution is 2.41. The third-order valence-electron chi connectivity index (χ3n) is 5.33. The quantitative estimate of drug-likeness (QED) is 0.667. The summed E-state index contributed by atoms with van der Waals surface area (Å²) in [5.41, 5.74) is 3.44. The van der Waals surface area contributed by atoms with Crippen molar-refractivity contribution in [3.63, 3.8) is 0 Å². The molecule has 164 valence electrons. The van der Waals surface area contributed by atoms with E-state index in [4.69, 9.17) is 9.47 Å². The molecule has 2 aromatic rings. The fourth-order valence-electron chi connectivity index (χ4n) is 3.61. The van der Waals surface area contributed by atoms with Gasteiger partial charge in [-0.15, -0.1) is 0 Å². The van der Waals surface area contributed by atoms with Crippen molar-refractivity contribution in [1.82, 2.24) is 0 Å². The first-order valence-electron chi connectivity index (χ1n) is 9.98. The van der Waals surface area contributed by atoms with Crippen LogP contribution in [0.15, 0.2) is 42.5 Å². The Hall–Kier alpha value is -2.06. The minimum atomic E-state index is -3.74. The van der Waals surface area contributed by atoms with Gasteiger partial charge in [0.2, 0.25) is 0 Å². The van der Waals surface area contributed by atoms with Gasteiger partial charge in [-0.3, -0.25) is 0 Å². The van der Waals surface area contributed by atoms with E-state index in [9.17, 15) is 24.1 Å². The normalized spacial score (nSPS) is 26.0. The first-order chi connectivity index (χ1) is 14.1. The summed E-state index contributed by atoms with van der Waals surface area (Å²) in [5, 5.41) is 29.4. The van der Waals surface area contributed by atoms with Gasteiger partial charge in [-0.25, -0.2) is 8.78 Å². The van der Waals surface area contributed by atoms with Crippen LogP contribution in [-0.2, 0) is 11.2 Å². The van der Waals surface area contributed by atoms with Crippen LogP contribution < -0.4 is 4.74 Å². The van der Waals surface area contributed by atoms with Gasteiger partial charge in [-0.2, -0.15) is 0 Å². The Kier molecular flexibility index (Phi) is 6.77. The molecule has 1 aliphatic heterocycles. The monoisotopic (exact) mass is 422 g/mol. The maximum atomic E-state index is 14.0. The van der Waals surface area contributed by atoms with Gasteiger partial charge in [0.25, 0.3) is 0 Å². The second-order valence-electron chi connectivity index (χ2n) is 8.01. The largest absolute Gasteiger partial charge is 0.491 e. The van der Waals surface area contributed by atoms with Gasteiger partial charge in [0, 0.05) is 0 Å². The SMILES string of the molecule is Cc1ccc([C@H]2O[C@@H](CO)C(F)(F)[C@H](O)[C@H]2O)cc1Cc1ccc(OC(C)C)cc1. The fourth-order valence-corrected chi connectivity index (χ4v) is 3.61. The van der Waals surface area contributed by atoms with E-state index in [1.165, 1.54) is 0 Å². The van der Waals surface area contributed by atoms with Gasteiger partial charge in [-0.05, 0) is 61.6 Å². The summed E-state index contributed by atoms with van der Waals surface area (Å²) in [6.07, 6.45) is -6.52. The molecule has 3 rings (SSSR count). The number of alkyl halides is 2. The van der Waals surface area contributed by atoms with E-state index in [1.807, 2.05) is 51.1 Å². The predicted molar refractivity (Wildman–Crippen MR) is 108 cm³/mol.